The van der Waals surface area contributed by atoms with E-state index in [1.165, 1.54) is 0 Å². The van der Waals surface area contributed by atoms with E-state index >= 15 is 0 Å². The van der Waals surface area contributed by atoms with Gasteiger partial charge in [0.05, 0.1) is 6.54 Å². The molecule has 0 saturated carbocycles. The van der Waals surface area contributed by atoms with E-state index in [0.29, 0.717) is 6.07 Å². The molecule has 0 atom stereocenters. The van der Waals surface area contributed by atoms with E-state index < -0.39 is 24.8 Å². The fourth-order valence-corrected chi connectivity index (χ4v) is 0.759. The Labute approximate surface area is 81.3 Å². The maximum Gasteiger partial charge on any atom is 0.435 e. The Hall–Kier alpha value is -1.47. The van der Waals surface area contributed by atoms with Crippen LogP contribution in [-0.2, 0) is 6.18 Å². The highest BCUT2D eigenvalue weighted by atomic mass is 19.4. The summed E-state index contributed by atoms with van der Waals surface area (Å²) in [7, 11) is 0. The van der Waals surface area contributed by atoms with E-state index in [-0.39, 0.29) is 5.82 Å². The standard InChI is InChI=1S/C7H6F5N3/c8-5(9)3-13-6-2-1-4(14-15-6)7(10,11)12/h1-2,5H,3H2,(H,13,15). The van der Waals surface area contributed by atoms with Crippen LogP contribution in [0.1, 0.15) is 5.69 Å². The second kappa shape index (κ2) is 4.37. The summed E-state index contributed by atoms with van der Waals surface area (Å²) in [6.07, 6.45) is -7.18. The average molecular weight is 227 g/mol. The first-order chi connectivity index (χ1) is 6.89. The van der Waals surface area contributed by atoms with Crippen LogP contribution in [-0.4, -0.2) is 23.2 Å². The first-order valence-corrected chi connectivity index (χ1v) is 3.82. The summed E-state index contributed by atoms with van der Waals surface area (Å²) in [6.45, 7) is -0.681. The molecule has 0 aromatic carbocycles. The first kappa shape index (κ1) is 11.6. The van der Waals surface area contributed by atoms with Crippen LogP contribution >= 0.6 is 0 Å². The molecule has 0 aliphatic carbocycles. The molecule has 0 fully saturated rings. The minimum Gasteiger partial charge on any atom is -0.363 e. The average Bonchev–Trinajstić information content (AvgIpc) is 2.14. The summed E-state index contributed by atoms with van der Waals surface area (Å²) < 4.78 is 59.4. The van der Waals surface area contributed by atoms with Crippen LogP contribution in [0.4, 0.5) is 27.8 Å². The smallest absolute Gasteiger partial charge is 0.363 e. The van der Waals surface area contributed by atoms with Crippen LogP contribution in [0.5, 0.6) is 0 Å². The summed E-state index contributed by atoms with van der Waals surface area (Å²) in [4.78, 5) is 0. The predicted molar refractivity (Wildman–Crippen MR) is 41.5 cm³/mol. The maximum atomic E-state index is 12.0. The lowest BCUT2D eigenvalue weighted by molar-refractivity contribution is -0.141. The molecule has 15 heavy (non-hydrogen) atoms. The Morgan fingerprint density at radius 3 is 2.27 bits per heavy atom. The summed E-state index contributed by atoms with van der Waals surface area (Å²) in [6, 6.07) is 1.61. The van der Waals surface area contributed by atoms with Crippen molar-refractivity contribution in [2.24, 2.45) is 0 Å². The topological polar surface area (TPSA) is 37.8 Å². The van der Waals surface area contributed by atoms with Gasteiger partial charge in [0.15, 0.2) is 5.69 Å². The Bertz CT molecular complexity index is 307. The summed E-state index contributed by atoms with van der Waals surface area (Å²) in [5, 5.41) is 8.08. The second-order valence-corrected chi connectivity index (χ2v) is 2.57. The van der Waals surface area contributed by atoms with Crippen molar-refractivity contribution in [1.82, 2.24) is 10.2 Å². The zero-order valence-corrected chi connectivity index (χ0v) is 7.22. The molecule has 3 nitrogen and oxygen atoms in total. The fourth-order valence-electron chi connectivity index (χ4n) is 0.759. The van der Waals surface area contributed by atoms with Crippen molar-refractivity contribution in [2.75, 3.05) is 11.9 Å². The van der Waals surface area contributed by atoms with Gasteiger partial charge in [-0.3, -0.25) is 0 Å². The lowest BCUT2D eigenvalue weighted by atomic mass is 10.4. The number of halogens is 5. The maximum absolute atomic E-state index is 12.0. The number of nitrogens with zero attached hydrogens (tertiary/aromatic N) is 2. The molecule has 1 heterocycles. The molecule has 0 aliphatic heterocycles. The number of anilines is 1. The molecule has 8 heteroatoms. The van der Waals surface area contributed by atoms with Crippen molar-refractivity contribution < 1.29 is 22.0 Å². The van der Waals surface area contributed by atoms with Crippen LogP contribution in [0.25, 0.3) is 0 Å². The third-order valence-corrected chi connectivity index (χ3v) is 1.39. The Balaban J connectivity index is 2.65. The fraction of sp³-hybridized carbons (Fsp3) is 0.429. The van der Waals surface area contributed by atoms with Gasteiger partial charge in [0.1, 0.15) is 5.82 Å². The first-order valence-electron chi connectivity index (χ1n) is 3.82. The molecular formula is C7H6F5N3. The lowest BCUT2D eigenvalue weighted by Gasteiger charge is -2.06. The van der Waals surface area contributed by atoms with Crippen LogP contribution in [0.15, 0.2) is 12.1 Å². The molecule has 1 rings (SSSR count). The van der Waals surface area contributed by atoms with Crippen LogP contribution < -0.4 is 5.32 Å². The summed E-state index contributed by atoms with van der Waals surface area (Å²) in [5.74, 6) is -0.122. The highest BCUT2D eigenvalue weighted by molar-refractivity contribution is 5.33. The molecule has 0 aliphatic rings. The quantitative estimate of drug-likeness (QED) is 0.804. The van der Waals surface area contributed by atoms with Crippen molar-refractivity contribution in [3.05, 3.63) is 17.8 Å². The molecule has 0 unspecified atom stereocenters. The van der Waals surface area contributed by atoms with Gasteiger partial charge in [0.2, 0.25) is 0 Å². The van der Waals surface area contributed by atoms with E-state index in [0.717, 1.165) is 6.07 Å². The van der Waals surface area contributed by atoms with Gasteiger partial charge in [-0.2, -0.15) is 13.2 Å². The molecule has 84 valence electrons. The number of hydrogen-bond donors (Lipinski definition) is 1. The van der Waals surface area contributed by atoms with Crippen LogP contribution in [0.2, 0.25) is 0 Å². The van der Waals surface area contributed by atoms with Gasteiger partial charge in [-0.05, 0) is 12.1 Å². The van der Waals surface area contributed by atoms with E-state index in [2.05, 4.69) is 15.5 Å². The van der Waals surface area contributed by atoms with E-state index in [4.69, 9.17) is 0 Å². The number of alkyl halides is 5. The Morgan fingerprint density at radius 1 is 1.20 bits per heavy atom. The molecule has 0 bridgehead atoms. The molecule has 0 spiro atoms. The number of hydrogen-bond acceptors (Lipinski definition) is 3. The number of aromatic nitrogens is 2. The second-order valence-electron chi connectivity index (χ2n) is 2.57. The molecule has 0 radical (unpaired) electrons. The molecule has 1 aromatic heterocycles. The summed E-state index contributed by atoms with van der Waals surface area (Å²) >= 11 is 0. The van der Waals surface area contributed by atoms with Crippen LogP contribution in [0.3, 0.4) is 0 Å². The van der Waals surface area contributed by atoms with Gasteiger partial charge >= 0.3 is 6.18 Å². The van der Waals surface area contributed by atoms with Gasteiger partial charge in [-0.15, -0.1) is 10.2 Å². The molecule has 1 N–H and O–H groups in total. The highest BCUT2D eigenvalue weighted by Crippen LogP contribution is 2.26. The Morgan fingerprint density at radius 2 is 1.87 bits per heavy atom. The van der Waals surface area contributed by atoms with Crippen molar-refractivity contribution in [1.29, 1.82) is 0 Å². The zero-order chi connectivity index (χ0) is 11.5. The molecule has 0 saturated heterocycles. The monoisotopic (exact) mass is 227 g/mol. The van der Waals surface area contributed by atoms with Crippen LogP contribution in [0, 0.1) is 0 Å². The SMILES string of the molecule is FC(F)CNc1ccc(C(F)(F)F)nn1. The summed E-state index contributed by atoms with van der Waals surface area (Å²) in [5.41, 5.74) is -1.16. The third-order valence-electron chi connectivity index (χ3n) is 1.39. The van der Waals surface area contributed by atoms with Crippen molar-refractivity contribution >= 4 is 5.82 Å². The molecular weight excluding hydrogens is 221 g/mol. The molecule has 0 amide bonds. The minimum atomic E-state index is -4.58. The lowest BCUT2D eigenvalue weighted by Crippen LogP contribution is -2.14. The van der Waals surface area contributed by atoms with E-state index in [1.807, 2.05) is 0 Å². The molecule has 1 aromatic rings. The van der Waals surface area contributed by atoms with E-state index in [9.17, 15) is 22.0 Å². The van der Waals surface area contributed by atoms with Crippen molar-refractivity contribution in [2.45, 2.75) is 12.6 Å². The van der Waals surface area contributed by atoms with Gasteiger partial charge < -0.3 is 5.32 Å². The minimum absolute atomic E-state index is 0.122. The number of nitrogens with one attached hydrogen (secondary N) is 1. The predicted octanol–water partition coefficient (Wildman–Crippen LogP) is 2.17. The van der Waals surface area contributed by atoms with E-state index in [1.54, 1.807) is 0 Å². The largest absolute Gasteiger partial charge is 0.435 e. The van der Waals surface area contributed by atoms with Crippen molar-refractivity contribution in [3.8, 4) is 0 Å². The van der Waals surface area contributed by atoms with Gasteiger partial charge in [-0.1, -0.05) is 0 Å². The Kier molecular flexibility index (Phi) is 3.38. The zero-order valence-electron chi connectivity index (χ0n) is 7.22. The van der Waals surface area contributed by atoms with Crippen molar-refractivity contribution in [3.63, 3.8) is 0 Å². The van der Waals surface area contributed by atoms with Gasteiger partial charge in [-0.25, -0.2) is 8.78 Å². The third kappa shape index (κ3) is 3.64. The van der Waals surface area contributed by atoms with Gasteiger partial charge in [0, 0.05) is 0 Å². The number of rotatable bonds is 3. The normalized spacial score (nSPS) is 11.9. The highest BCUT2D eigenvalue weighted by Gasteiger charge is 2.32. The van der Waals surface area contributed by atoms with Gasteiger partial charge in [0.25, 0.3) is 6.43 Å².